The minimum absolute atomic E-state index is 0.280. The summed E-state index contributed by atoms with van der Waals surface area (Å²) in [5, 5.41) is 10.0. The molecule has 102 valence electrons. The van der Waals surface area contributed by atoms with Crippen LogP contribution in [0.4, 0.5) is 4.39 Å². The Morgan fingerprint density at radius 1 is 1.17 bits per heavy atom. The third kappa shape index (κ3) is 5.49. The van der Waals surface area contributed by atoms with Crippen molar-refractivity contribution in [1.29, 1.82) is 0 Å². The predicted molar refractivity (Wildman–Crippen MR) is 77.1 cm³/mol. The van der Waals surface area contributed by atoms with Gasteiger partial charge in [-0.15, -0.1) is 0 Å². The molecule has 0 heterocycles. The highest BCUT2D eigenvalue weighted by molar-refractivity contribution is 9.10. The Kier molecular flexibility index (Phi) is 7.52. The molecule has 0 saturated heterocycles. The summed E-state index contributed by atoms with van der Waals surface area (Å²) < 4.78 is 13.6. The molecule has 0 aliphatic rings. The quantitative estimate of drug-likeness (QED) is 0.639. The molecule has 0 aliphatic carbocycles. The summed E-state index contributed by atoms with van der Waals surface area (Å²) in [6.45, 7) is 2.20. The second-order valence-electron chi connectivity index (χ2n) is 4.74. The predicted octanol–water partition coefficient (Wildman–Crippen LogP) is 5.37. The summed E-state index contributed by atoms with van der Waals surface area (Å²) in [6, 6.07) is 4.45. The monoisotopic (exact) mass is 316 g/mol. The lowest BCUT2D eigenvalue weighted by Gasteiger charge is -2.12. The van der Waals surface area contributed by atoms with E-state index in [1.165, 1.54) is 37.8 Å². The summed E-state index contributed by atoms with van der Waals surface area (Å²) in [7, 11) is 0. The zero-order valence-electron chi connectivity index (χ0n) is 11.0. The van der Waals surface area contributed by atoms with Crippen LogP contribution in [0.5, 0.6) is 0 Å². The van der Waals surface area contributed by atoms with Crippen LogP contribution in [0.3, 0.4) is 0 Å². The van der Waals surface area contributed by atoms with E-state index in [-0.39, 0.29) is 5.82 Å². The average Bonchev–Trinajstić information content (AvgIpc) is 2.33. The molecule has 1 aromatic carbocycles. The number of hydrogen-bond donors (Lipinski definition) is 1. The lowest BCUT2D eigenvalue weighted by molar-refractivity contribution is 0.162. The smallest absolute Gasteiger partial charge is 0.124 e. The number of hydrogen-bond acceptors (Lipinski definition) is 1. The summed E-state index contributed by atoms with van der Waals surface area (Å²) in [4.78, 5) is 0. The number of benzene rings is 1. The first-order chi connectivity index (χ1) is 8.65. The van der Waals surface area contributed by atoms with Gasteiger partial charge in [-0.2, -0.15) is 0 Å². The molecule has 1 rings (SSSR count). The molecule has 18 heavy (non-hydrogen) atoms. The molecule has 0 bridgehead atoms. The van der Waals surface area contributed by atoms with E-state index in [1.807, 2.05) is 0 Å². The lowest BCUT2D eigenvalue weighted by atomic mass is 10.0. The van der Waals surface area contributed by atoms with E-state index in [0.29, 0.717) is 4.47 Å². The molecule has 3 heteroatoms. The van der Waals surface area contributed by atoms with Crippen molar-refractivity contribution in [3.8, 4) is 0 Å². The summed E-state index contributed by atoms with van der Waals surface area (Å²) >= 11 is 3.29. The van der Waals surface area contributed by atoms with E-state index in [2.05, 4.69) is 22.9 Å². The second kappa shape index (κ2) is 8.65. The van der Waals surface area contributed by atoms with Crippen molar-refractivity contribution in [2.24, 2.45) is 0 Å². The molecule has 1 atom stereocenters. The molecule has 0 radical (unpaired) electrons. The molecule has 0 aliphatic heterocycles. The summed E-state index contributed by atoms with van der Waals surface area (Å²) in [5.41, 5.74) is 0.782. The number of halogens is 2. The molecular formula is C15H22BrFO. The average molecular weight is 317 g/mol. The minimum atomic E-state index is -0.494. The van der Waals surface area contributed by atoms with Crippen LogP contribution in [0.1, 0.15) is 63.5 Å². The van der Waals surface area contributed by atoms with Gasteiger partial charge >= 0.3 is 0 Å². The summed E-state index contributed by atoms with van der Waals surface area (Å²) in [6.07, 6.45) is 7.52. The van der Waals surface area contributed by atoms with Crippen molar-refractivity contribution in [2.45, 2.75) is 58.0 Å². The number of aliphatic hydroxyl groups excluding tert-OH is 1. The molecule has 0 spiro atoms. The standard InChI is InChI=1S/C15H22BrFO/c1-2-3-4-5-6-7-8-15(18)13-10-9-12(17)11-14(13)16/h9-11,15,18H,2-8H2,1H3. The van der Waals surface area contributed by atoms with Gasteiger partial charge in [0.1, 0.15) is 5.82 Å². The van der Waals surface area contributed by atoms with Gasteiger partial charge < -0.3 is 5.11 Å². The van der Waals surface area contributed by atoms with Crippen molar-refractivity contribution in [3.63, 3.8) is 0 Å². The second-order valence-corrected chi connectivity index (χ2v) is 5.59. The van der Waals surface area contributed by atoms with Gasteiger partial charge in [-0.1, -0.05) is 67.4 Å². The molecule has 0 saturated carbocycles. The third-order valence-electron chi connectivity index (χ3n) is 3.15. The van der Waals surface area contributed by atoms with E-state index in [0.717, 1.165) is 24.8 Å². The maximum absolute atomic E-state index is 12.9. The van der Waals surface area contributed by atoms with E-state index < -0.39 is 6.10 Å². The van der Waals surface area contributed by atoms with Gasteiger partial charge in [0, 0.05) is 4.47 Å². The maximum Gasteiger partial charge on any atom is 0.124 e. The van der Waals surface area contributed by atoms with Crippen molar-refractivity contribution < 1.29 is 9.50 Å². The number of unbranched alkanes of at least 4 members (excludes halogenated alkanes) is 5. The summed E-state index contributed by atoms with van der Waals surface area (Å²) in [5.74, 6) is -0.280. The van der Waals surface area contributed by atoms with Crippen LogP contribution in [-0.4, -0.2) is 5.11 Å². The fourth-order valence-electron chi connectivity index (χ4n) is 2.05. The topological polar surface area (TPSA) is 20.2 Å². The van der Waals surface area contributed by atoms with Crippen LogP contribution < -0.4 is 0 Å². The third-order valence-corrected chi connectivity index (χ3v) is 3.84. The Balaban J connectivity index is 2.29. The van der Waals surface area contributed by atoms with Crippen molar-refractivity contribution >= 4 is 15.9 Å². The Morgan fingerprint density at radius 2 is 1.83 bits per heavy atom. The Morgan fingerprint density at radius 3 is 2.50 bits per heavy atom. The van der Waals surface area contributed by atoms with Gasteiger partial charge in [0.25, 0.3) is 0 Å². The van der Waals surface area contributed by atoms with Crippen molar-refractivity contribution in [3.05, 3.63) is 34.1 Å². The first-order valence-corrected chi connectivity index (χ1v) is 7.57. The first-order valence-electron chi connectivity index (χ1n) is 6.78. The molecule has 1 aromatic rings. The Hall–Kier alpha value is -0.410. The van der Waals surface area contributed by atoms with E-state index in [4.69, 9.17) is 0 Å². The van der Waals surface area contributed by atoms with Crippen LogP contribution in [0.15, 0.2) is 22.7 Å². The van der Waals surface area contributed by atoms with Crippen LogP contribution in [0.2, 0.25) is 0 Å². The molecule has 1 nitrogen and oxygen atoms in total. The zero-order valence-corrected chi connectivity index (χ0v) is 12.5. The number of rotatable bonds is 8. The van der Waals surface area contributed by atoms with E-state index in [9.17, 15) is 9.50 Å². The van der Waals surface area contributed by atoms with Crippen LogP contribution in [0.25, 0.3) is 0 Å². The minimum Gasteiger partial charge on any atom is -0.388 e. The SMILES string of the molecule is CCCCCCCCC(O)c1ccc(F)cc1Br. The van der Waals surface area contributed by atoms with Gasteiger partial charge in [0.2, 0.25) is 0 Å². The van der Waals surface area contributed by atoms with Gasteiger partial charge in [-0.25, -0.2) is 4.39 Å². The first kappa shape index (κ1) is 15.6. The van der Waals surface area contributed by atoms with Crippen LogP contribution >= 0.6 is 15.9 Å². The van der Waals surface area contributed by atoms with Gasteiger partial charge in [-0.3, -0.25) is 0 Å². The van der Waals surface area contributed by atoms with Gasteiger partial charge in [-0.05, 0) is 24.1 Å². The molecule has 0 aromatic heterocycles. The molecular weight excluding hydrogens is 295 g/mol. The highest BCUT2D eigenvalue weighted by atomic mass is 79.9. The zero-order chi connectivity index (χ0) is 13.4. The van der Waals surface area contributed by atoms with E-state index in [1.54, 1.807) is 6.07 Å². The highest BCUT2D eigenvalue weighted by Crippen LogP contribution is 2.27. The molecule has 1 N–H and O–H groups in total. The molecule has 1 unspecified atom stereocenters. The van der Waals surface area contributed by atoms with Crippen LogP contribution in [-0.2, 0) is 0 Å². The van der Waals surface area contributed by atoms with Crippen LogP contribution in [0, 0.1) is 5.82 Å². The Labute approximate surface area is 118 Å². The Bertz CT molecular complexity index is 354. The molecule has 0 fully saturated rings. The lowest BCUT2D eigenvalue weighted by Crippen LogP contribution is -1.99. The van der Waals surface area contributed by atoms with E-state index >= 15 is 0 Å². The van der Waals surface area contributed by atoms with Crippen molar-refractivity contribution in [1.82, 2.24) is 0 Å². The largest absolute Gasteiger partial charge is 0.388 e. The normalized spacial score (nSPS) is 12.7. The highest BCUT2D eigenvalue weighted by Gasteiger charge is 2.11. The fraction of sp³-hybridized carbons (Fsp3) is 0.600. The van der Waals surface area contributed by atoms with Gasteiger partial charge in [0.05, 0.1) is 6.10 Å². The molecule has 0 amide bonds. The number of aliphatic hydroxyl groups is 1. The van der Waals surface area contributed by atoms with Crippen molar-refractivity contribution in [2.75, 3.05) is 0 Å². The fourth-order valence-corrected chi connectivity index (χ4v) is 2.66. The maximum atomic E-state index is 12.9. The van der Waals surface area contributed by atoms with Gasteiger partial charge in [0.15, 0.2) is 0 Å².